The Morgan fingerprint density at radius 3 is 2.67 bits per heavy atom. The molecular formula is C7H12ClNO3. The molecule has 0 aromatic carbocycles. The molecule has 0 aromatic heterocycles. The minimum absolute atomic E-state index is 0. The Bertz CT molecular complexity index is 195. The topological polar surface area (TPSA) is 57.6 Å². The van der Waals surface area contributed by atoms with E-state index in [0.29, 0.717) is 13.0 Å². The van der Waals surface area contributed by atoms with Gasteiger partial charge in [0.05, 0.1) is 6.54 Å². The van der Waals surface area contributed by atoms with Crippen LogP contribution in [0.5, 0.6) is 0 Å². The van der Waals surface area contributed by atoms with E-state index in [0.717, 1.165) is 0 Å². The maximum absolute atomic E-state index is 11.0. The number of ketones is 1. The number of rotatable bonds is 1. The Balaban J connectivity index is 0.00000121. The fraction of sp³-hybridized carbons (Fsp3) is 0.714. The average molecular weight is 194 g/mol. The molecule has 0 radical (unpaired) electrons. The molecule has 1 unspecified atom stereocenters. The van der Waals surface area contributed by atoms with Gasteiger partial charge in [-0.05, 0) is 20.0 Å². The number of halogens is 1. The van der Waals surface area contributed by atoms with Crippen molar-refractivity contribution in [3.8, 4) is 0 Å². The summed E-state index contributed by atoms with van der Waals surface area (Å²) in [5.74, 6) is -1.92. The Kier molecular flexibility index (Phi) is 4.20. The number of hydrogen-bond donors (Lipinski definition) is 1. The van der Waals surface area contributed by atoms with Crippen LogP contribution in [-0.4, -0.2) is 41.9 Å². The zero-order chi connectivity index (χ0) is 8.43. The number of nitrogens with zero attached hydrogens (tertiary/aromatic N) is 1. The van der Waals surface area contributed by atoms with Crippen LogP contribution < -0.4 is 0 Å². The highest BCUT2D eigenvalue weighted by Crippen LogP contribution is 2.12. The lowest BCUT2D eigenvalue weighted by Gasteiger charge is -2.24. The van der Waals surface area contributed by atoms with Gasteiger partial charge in [0.2, 0.25) is 0 Å². The number of Topliss-reactive ketones (excluding diaryl/α,β-unsaturated/α-hetero) is 1. The van der Waals surface area contributed by atoms with Gasteiger partial charge < -0.3 is 5.11 Å². The molecule has 12 heavy (non-hydrogen) atoms. The first-order chi connectivity index (χ1) is 5.11. The minimum Gasteiger partial charge on any atom is -0.481 e. The van der Waals surface area contributed by atoms with E-state index in [1.807, 2.05) is 11.9 Å². The van der Waals surface area contributed by atoms with E-state index in [9.17, 15) is 9.59 Å². The van der Waals surface area contributed by atoms with E-state index in [4.69, 9.17) is 5.11 Å². The van der Waals surface area contributed by atoms with Crippen LogP contribution in [0.15, 0.2) is 0 Å². The zero-order valence-corrected chi connectivity index (χ0v) is 7.63. The Morgan fingerprint density at radius 1 is 1.67 bits per heavy atom. The molecule has 0 amide bonds. The SMILES string of the molecule is CN1CCC(C(=O)O)C(=O)C1.Cl. The molecule has 1 aliphatic heterocycles. The number of carboxylic acids is 1. The van der Waals surface area contributed by atoms with Crippen LogP contribution in [-0.2, 0) is 9.59 Å². The molecule has 0 saturated carbocycles. The molecule has 0 bridgehead atoms. The minimum atomic E-state index is -0.983. The number of carbonyl (C=O) groups is 2. The van der Waals surface area contributed by atoms with Crippen molar-refractivity contribution in [1.29, 1.82) is 0 Å². The lowest BCUT2D eigenvalue weighted by Crippen LogP contribution is -2.41. The first-order valence-corrected chi connectivity index (χ1v) is 3.55. The molecule has 0 spiro atoms. The number of likely N-dealkylation sites (N-methyl/N-ethyl adjacent to an activating group) is 1. The van der Waals surface area contributed by atoms with Gasteiger partial charge in [-0.2, -0.15) is 0 Å². The van der Waals surface area contributed by atoms with E-state index in [1.54, 1.807) is 0 Å². The number of carbonyl (C=O) groups excluding carboxylic acids is 1. The highest BCUT2D eigenvalue weighted by Gasteiger charge is 2.30. The molecule has 1 saturated heterocycles. The maximum atomic E-state index is 11.0. The van der Waals surface area contributed by atoms with Crippen molar-refractivity contribution in [2.45, 2.75) is 6.42 Å². The lowest BCUT2D eigenvalue weighted by atomic mass is 9.96. The molecule has 0 aliphatic carbocycles. The first-order valence-electron chi connectivity index (χ1n) is 3.55. The number of piperidine rings is 1. The van der Waals surface area contributed by atoms with Gasteiger partial charge in [-0.25, -0.2) is 0 Å². The molecule has 1 N–H and O–H groups in total. The molecule has 0 aromatic rings. The third kappa shape index (κ3) is 2.46. The standard InChI is InChI=1S/C7H11NO3.ClH/c1-8-3-2-5(7(10)11)6(9)4-8;/h5H,2-4H2,1H3,(H,10,11);1H. The van der Waals surface area contributed by atoms with Crippen molar-refractivity contribution in [3.05, 3.63) is 0 Å². The van der Waals surface area contributed by atoms with Crippen LogP contribution >= 0.6 is 12.4 Å². The number of aliphatic carboxylic acids is 1. The largest absolute Gasteiger partial charge is 0.481 e. The smallest absolute Gasteiger partial charge is 0.314 e. The van der Waals surface area contributed by atoms with E-state index in [-0.39, 0.29) is 24.7 Å². The second-order valence-corrected chi connectivity index (χ2v) is 2.88. The van der Waals surface area contributed by atoms with Crippen LogP contribution in [0.4, 0.5) is 0 Å². The Morgan fingerprint density at radius 2 is 2.25 bits per heavy atom. The predicted octanol–water partition coefficient (Wildman–Crippen LogP) is 0.0136. The monoisotopic (exact) mass is 193 g/mol. The van der Waals surface area contributed by atoms with Gasteiger partial charge in [0.1, 0.15) is 5.92 Å². The van der Waals surface area contributed by atoms with Gasteiger partial charge >= 0.3 is 5.97 Å². The van der Waals surface area contributed by atoms with Crippen molar-refractivity contribution in [2.75, 3.05) is 20.1 Å². The number of carboxylic acid groups (broad SMARTS) is 1. The summed E-state index contributed by atoms with van der Waals surface area (Å²) >= 11 is 0. The summed E-state index contributed by atoms with van der Waals surface area (Å²) in [4.78, 5) is 23.3. The number of likely N-dealkylation sites (tertiary alicyclic amines) is 1. The van der Waals surface area contributed by atoms with E-state index in [2.05, 4.69) is 0 Å². The van der Waals surface area contributed by atoms with E-state index < -0.39 is 11.9 Å². The van der Waals surface area contributed by atoms with Gasteiger partial charge in [0.15, 0.2) is 5.78 Å². The van der Waals surface area contributed by atoms with Gasteiger partial charge in [-0.3, -0.25) is 14.5 Å². The molecule has 1 aliphatic rings. The third-order valence-corrected chi connectivity index (χ3v) is 1.91. The molecule has 70 valence electrons. The van der Waals surface area contributed by atoms with Gasteiger partial charge in [0, 0.05) is 0 Å². The fourth-order valence-corrected chi connectivity index (χ4v) is 1.23. The second kappa shape index (κ2) is 4.42. The third-order valence-electron chi connectivity index (χ3n) is 1.91. The summed E-state index contributed by atoms with van der Waals surface area (Å²) in [6.45, 7) is 0.972. The van der Waals surface area contributed by atoms with Gasteiger partial charge in [0.25, 0.3) is 0 Å². The van der Waals surface area contributed by atoms with E-state index in [1.165, 1.54) is 0 Å². The Labute approximate surface area is 77.0 Å². The van der Waals surface area contributed by atoms with Crippen molar-refractivity contribution in [2.24, 2.45) is 5.92 Å². The highest BCUT2D eigenvalue weighted by molar-refractivity contribution is 5.99. The van der Waals surface area contributed by atoms with Crippen LogP contribution in [0.3, 0.4) is 0 Å². The molecule has 1 atom stereocenters. The highest BCUT2D eigenvalue weighted by atomic mass is 35.5. The molecular weight excluding hydrogens is 182 g/mol. The molecule has 4 nitrogen and oxygen atoms in total. The average Bonchev–Trinajstić information content (AvgIpc) is 1.85. The molecule has 1 fully saturated rings. The zero-order valence-electron chi connectivity index (χ0n) is 6.82. The maximum Gasteiger partial charge on any atom is 0.314 e. The van der Waals surface area contributed by atoms with Gasteiger partial charge in [-0.15, -0.1) is 12.4 Å². The molecule has 1 rings (SSSR count). The number of hydrogen-bond acceptors (Lipinski definition) is 3. The van der Waals surface area contributed by atoms with Crippen LogP contribution in [0.2, 0.25) is 0 Å². The van der Waals surface area contributed by atoms with Crippen molar-refractivity contribution < 1.29 is 14.7 Å². The lowest BCUT2D eigenvalue weighted by molar-refractivity contribution is -0.148. The van der Waals surface area contributed by atoms with Crippen LogP contribution in [0.1, 0.15) is 6.42 Å². The van der Waals surface area contributed by atoms with E-state index >= 15 is 0 Å². The predicted molar refractivity (Wildman–Crippen MR) is 45.5 cm³/mol. The van der Waals surface area contributed by atoms with Crippen molar-refractivity contribution in [3.63, 3.8) is 0 Å². The van der Waals surface area contributed by atoms with Crippen LogP contribution in [0.25, 0.3) is 0 Å². The van der Waals surface area contributed by atoms with Crippen LogP contribution in [0, 0.1) is 5.92 Å². The summed E-state index contributed by atoms with van der Waals surface area (Å²) in [6.07, 6.45) is 0.449. The van der Waals surface area contributed by atoms with Crippen molar-refractivity contribution >= 4 is 24.2 Å². The quantitative estimate of drug-likeness (QED) is 0.597. The first kappa shape index (κ1) is 11.4. The summed E-state index contributed by atoms with van der Waals surface area (Å²) in [5, 5.41) is 8.56. The summed E-state index contributed by atoms with van der Waals surface area (Å²) in [6, 6.07) is 0. The van der Waals surface area contributed by atoms with Gasteiger partial charge in [-0.1, -0.05) is 0 Å². The summed E-state index contributed by atoms with van der Waals surface area (Å²) in [5.41, 5.74) is 0. The Hall–Kier alpha value is -0.610. The summed E-state index contributed by atoms with van der Waals surface area (Å²) < 4.78 is 0. The second-order valence-electron chi connectivity index (χ2n) is 2.88. The molecule has 1 heterocycles. The fourth-order valence-electron chi connectivity index (χ4n) is 1.23. The molecule has 5 heteroatoms. The summed E-state index contributed by atoms with van der Waals surface area (Å²) in [7, 11) is 1.82. The normalized spacial score (nSPS) is 24.8. The van der Waals surface area contributed by atoms with Crippen molar-refractivity contribution in [1.82, 2.24) is 4.90 Å².